The number of Topliss-reactive ketones (excluding diaryl/α,β-unsaturated/α-hetero) is 2. The second kappa shape index (κ2) is 21.5. The topological polar surface area (TPSA) is 188 Å². The summed E-state index contributed by atoms with van der Waals surface area (Å²) in [6, 6.07) is 30.1. The van der Waals surface area contributed by atoms with Crippen LogP contribution in [0.3, 0.4) is 0 Å². The predicted octanol–water partition coefficient (Wildman–Crippen LogP) is 10.7. The van der Waals surface area contributed by atoms with E-state index in [0.29, 0.717) is 55.4 Å². The molecule has 11 rings (SSSR count). The molecule has 2 aromatic heterocycles. The first-order valence-electron chi connectivity index (χ1n) is 27.5. The van der Waals surface area contributed by atoms with Crippen LogP contribution < -0.4 is 10.1 Å². The van der Waals surface area contributed by atoms with Gasteiger partial charge in [0.1, 0.15) is 17.4 Å². The van der Waals surface area contributed by atoms with Gasteiger partial charge in [-0.3, -0.25) is 9.59 Å². The molecule has 11 heteroatoms. The molecule has 2 fully saturated rings. The van der Waals surface area contributed by atoms with Gasteiger partial charge in [-0.05, 0) is 157 Å². The monoisotopic (exact) mass is 1010 g/mol. The second-order valence-electron chi connectivity index (χ2n) is 22.3. The molecule has 390 valence electrons. The molecule has 0 unspecified atom stereocenters. The van der Waals surface area contributed by atoms with E-state index in [-0.39, 0.29) is 61.6 Å². The highest BCUT2D eigenvalue weighted by atomic mass is 16.5. The van der Waals surface area contributed by atoms with Gasteiger partial charge >= 0.3 is 0 Å². The van der Waals surface area contributed by atoms with Crippen molar-refractivity contribution in [3.8, 4) is 17.2 Å². The Labute approximate surface area is 439 Å². The number of aliphatic hydroxyl groups excluding tert-OH is 2. The van der Waals surface area contributed by atoms with Crippen molar-refractivity contribution in [1.29, 1.82) is 0 Å². The second-order valence-corrected chi connectivity index (χ2v) is 22.3. The number of aromatic nitrogens is 2. The number of phenolic OH excluding ortho intramolecular Hbond substituents is 2. The number of benzene rings is 4. The zero-order chi connectivity index (χ0) is 51.7. The average molecular weight is 1010 g/mol. The number of aromatic amines is 2. The fraction of sp³-hybridized carbons (Fsp3) is 0.406. The number of carbonyl (C=O) groups excluding carboxylic acids is 2. The normalized spacial score (nSPS) is 23.3. The zero-order valence-electron chi connectivity index (χ0n) is 42.8. The Morgan fingerprint density at radius 3 is 2.37 bits per heavy atom. The van der Waals surface area contributed by atoms with Crippen LogP contribution in [-0.2, 0) is 47.1 Å². The summed E-state index contributed by atoms with van der Waals surface area (Å²) in [6.45, 7) is -0.117. The highest BCUT2D eigenvalue weighted by molar-refractivity contribution is 6.05. The summed E-state index contributed by atoms with van der Waals surface area (Å²) in [6.07, 6.45) is 19.1. The van der Waals surface area contributed by atoms with Crippen molar-refractivity contribution in [3.05, 3.63) is 176 Å². The average Bonchev–Trinajstić information content (AvgIpc) is 4.27. The lowest BCUT2D eigenvalue weighted by molar-refractivity contribution is -0.135. The van der Waals surface area contributed by atoms with E-state index in [9.17, 15) is 30.3 Å². The molecule has 5 aliphatic rings. The third-order valence-electron chi connectivity index (χ3n) is 17.6. The molecule has 5 atom stereocenters. The number of nitrogens with one attached hydrogen (secondary N) is 3. The van der Waals surface area contributed by atoms with Crippen LogP contribution in [0.4, 0.5) is 5.82 Å². The van der Waals surface area contributed by atoms with Gasteiger partial charge in [0, 0.05) is 78.9 Å². The number of aryl methyl sites for hydroxylation is 2. The van der Waals surface area contributed by atoms with Crippen LogP contribution in [0, 0.1) is 11.8 Å². The molecule has 4 bridgehead atoms. The van der Waals surface area contributed by atoms with Crippen LogP contribution in [-0.4, -0.2) is 78.0 Å². The van der Waals surface area contributed by atoms with Crippen molar-refractivity contribution < 1.29 is 39.9 Å². The maximum atomic E-state index is 15.7. The molecule has 0 spiro atoms. The van der Waals surface area contributed by atoms with Gasteiger partial charge in [0.05, 0.1) is 23.7 Å². The van der Waals surface area contributed by atoms with E-state index in [1.54, 1.807) is 18.2 Å². The van der Waals surface area contributed by atoms with Crippen molar-refractivity contribution >= 4 is 29.5 Å². The number of anilines is 1. The van der Waals surface area contributed by atoms with Gasteiger partial charge in [-0.15, -0.1) is 0 Å². The Morgan fingerprint density at radius 2 is 1.56 bits per heavy atom. The number of carbonyl (C=O) groups is 2. The SMILES string of the molecule is O=C1CCc2cc(c(O)c(OC3CCCC3)c2)Cc2ccc(C3([C@H](O)Cc4ccccc4)CCCC3)c(c2)Cc2cc[nH]c2NCC2=Cc3[nH]ccc3[C@H](C[C@]3(O)C=Cc4c(O)cccc4CC3)[C@@H]2C(=O)[C@H]1CCO. The molecular weight excluding hydrogens is 939 g/mol. The highest BCUT2D eigenvalue weighted by Gasteiger charge is 2.46. The van der Waals surface area contributed by atoms with E-state index < -0.39 is 34.9 Å². The Bertz CT molecular complexity index is 3100. The standard InChI is InChI=1S/C64H71N3O8/c68-30-23-51-56(70)18-16-42-33-46(60(72)57(34-42)75-48-12-4-5-13-48)32-41-15-17-53(64(24-6-7-25-64)58(71)35-40-9-2-1-3-10-40)45(31-41)36-44-21-28-66-62(44)67-39-47-37-54-50(22-29-65-54)52(59(47)61(51)73)38-63(74)26-19-43-11-8-14-55(69)49(43)20-27-63/h1-3,8-11,14-15,17,20-22,27-29,31,33-34,37,48,51-52,58-59,65-69,71-72,74H,4-7,12-13,16,18-19,23-26,30,32,35-36,38-39H2/t51-,52-,58+,59+,63+/m0/s1. The third kappa shape index (κ3) is 10.4. The number of ether oxygens (including phenoxy) is 1. The van der Waals surface area contributed by atoms with Crippen molar-refractivity contribution in [2.24, 2.45) is 11.8 Å². The summed E-state index contributed by atoms with van der Waals surface area (Å²) in [5.41, 5.74) is 9.01. The number of fused-ring (bicyclic) bond motifs is 8. The minimum Gasteiger partial charge on any atom is -0.507 e. The van der Waals surface area contributed by atoms with Gasteiger partial charge in [0.25, 0.3) is 0 Å². The van der Waals surface area contributed by atoms with Crippen LogP contribution in [0.25, 0.3) is 12.2 Å². The predicted molar refractivity (Wildman–Crippen MR) is 292 cm³/mol. The molecule has 2 saturated carbocycles. The number of phenols is 2. The molecule has 8 N–H and O–H groups in total. The quantitative estimate of drug-likeness (QED) is 0.0618. The van der Waals surface area contributed by atoms with Crippen LogP contribution in [0.15, 0.2) is 115 Å². The summed E-state index contributed by atoms with van der Waals surface area (Å²) < 4.78 is 6.57. The van der Waals surface area contributed by atoms with Crippen molar-refractivity contribution in [2.45, 2.75) is 138 Å². The minimum atomic E-state index is -1.37. The Balaban J connectivity index is 1.01. The number of hydrogen-bond donors (Lipinski definition) is 8. The first kappa shape index (κ1) is 50.5. The molecular formula is C64H71N3O8. The molecule has 6 aromatic rings. The Kier molecular flexibility index (Phi) is 14.5. The van der Waals surface area contributed by atoms with Crippen molar-refractivity contribution in [3.63, 3.8) is 0 Å². The molecule has 0 amide bonds. The summed E-state index contributed by atoms with van der Waals surface area (Å²) in [5.74, 6) is -1.69. The van der Waals surface area contributed by atoms with E-state index >= 15 is 4.79 Å². The van der Waals surface area contributed by atoms with Crippen LogP contribution >= 0.6 is 0 Å². The highest BCUT2D eigenvalue weighted by Crippen LogP contribution is 2.49. The molecule has 4 aliphatic carbocycles. The van der Waals surface area contributed by atoms with Gasteiger partial charge in [0.15, 0.2) is 17.3 Å². The molecule has 4 aromatic carbocycles. The van der Waals surface area contributed by atoms with Crippen LogP contribution in [0.1, 0.15) is 144 Å². The molecule has 0 saturated heterocycles. The van der Waals surface area contributed by atoms with E-state index in [1.807, 2.05) is 67.0 Å². The first-order chi connectivity index (χ1) is 36.5. The number of H-pyrrole nitrogens is 2. The van der Waals surface area contributed by atoms with Gasteiger partial charge in [-0.2, -0.15) is 0 Å². The van der Waals surface area contributed by atoms with E-state index in [2.05, 4.69) is 51.7 Å². The summed E-state index contributed by atoms with van der Waals surface area (Å²) in [5, 5.41) is 62.3. The lowest BCUT2D eigenvalue weighted by Crippen LogP contribution is -2.40. The molecule has 1 aliphatic heterocycles. The van der Waals surface area contributed by atoms with Gasteiger partial charge < -0.3 is 45.6 Å². The lowest BCUT2D eigenvalue weighted by Gasteiger charge is -2.38. The summed E-state index contributed by atoms with van der Waals surface area (Å²) >= 11 is 0. The maximum absolute atomic E-state index is 15.7. The number of aromatic hydroxyl groups is 2. The van der Waals surface area contributed by atoms with Crippen LogP contribution in [0.5, 0.6) is 17.2 Å². The van der Waals surface area contributed by atoms with E-state index in [0.717, 1.165) is 113 Å². The van der Waals surface area contributed by atoms with Crippen molar-refractivity contribution in [2.75, 3.05) is 18.5 Å². The fourth-order valence-corrected chi connectivity index (χ4v) is 13.6. The Hall–Kier alpha value is -6.66. The third-order valence-corrected chi connectivity index (χ3v) is 17.6. The van der Waals surface area contributed by atoms with Crippen LogP contribution in [0.2, 0.25) is 0 Å². The molecule has 11 nitrogen and oxygen atoms in total. The molecule has 75 heavy (non-hydrogen) atoms. The number of ketones is 2. The molecule has 0 radical (unpaired) electrons. The lowest BCUT2D eigenvalue weighted by atomic mass is 9.67. The van der Waals surface area contributed by atoms with Gasteiger partial charge in [0.2, 0.25) is 0 Å². The van der Waals surface area contributed by atoms with E-state index in [1.165, 1.54) is 0 Å². The Morgan fingerprint density at radius 1 is 0.760 bits per heavy atom. The maximum Gasteiger partial charge on any atom is 0.161 e. The van der Waals surface area contributed by atoms with Crippen molar-refractivity contribution in [1.82, 2.24) is 9.97 Å². The fourth-order valence-electron chi connectivity index (χ4n) is 13.6. The molecule has 3 heterocycles. The van der Waals surface area contributed by atoms with Gasteiger partial charge in [-0.1, -0.05) is 91.7 Å². The minimum absolute atomic E-state index is 0.0261. The zero-order valence-corrected chi connectivity index (χ0v) is 42.8. The van der Waals surface area contributed by atoms with Gasteiger partial charge in [-0.25, -0.2) is 0 Å². The largest absolute Gasteiger partial charge is 0.507 e. The number of aliphatic hydroxyl groups is 3. The first-order valence-corrected chi connectivity index (χ1v) is 27.5. The number of hydrogen-bond acceptors (Lipinski definition) is 9. The summed E-state index contributed by atoms with van der Waals surface area (Å²) in [7, 11) is 0. The van der Waals surface area contributed by atoms with E-state index in [4.69, 9.17) is 4.74 Å². The smallest absolute Gasteiger partial charge is 0.161 e. The summed E-state index contributed by atoms with van der Waals surface area (Å²) in [4.78, 5) is 37.4. The number of rotatable bonds is 10.